The van der Waals surface area contributed by atoms with Crippen LogP contribution in [0, 0.1) is 12.8 Å². The maximum Gasteiger partial charge on any atom is 0.412 e. The minimum Gasteiger partial charge on any atom is -0.444 e. The highest BCUT2D eigenvalue weighted by molar-refractivity contribution is 5.69. The Balaban J connectivity index is -0.000000446. The molecule has 5 heteroatoms. The van der Waals surface area contributed by atoms with Gasteiger partial charge in [0.25, 0.3) is 0 Å². The van der Waals surface area contributed by atoms with Crippen LogP contribution in [0.15, 0.2) is 0 Å². The fourth-order valence-corrected chi connectivity index (χ4v) is 1.71. The van der Waals surface area contributed by atoms with E-state index in [1.165, 1.54) is 6.92 Å². The van der Waals surface area contributed by atoms with Crippen LogP contribution in [0.5, 0.6) is 0 Å². The highest BCUT2D eigenvalue weighted by Gasteiger charge is 2.43. The second kappa shape index (κ2) is 12.0. The van der Waals surface area contributed by atoms with Crippen LogP contribution in [-0.2, 0) is 14.3 Å². The zero-order valence-corrected chi connectivity index (χ0v) is 15.6. The Bertz CT molecular complexity index is 329. The Hall–Kier alpha value is -1.54. The molecule has 0 N–H and O–H groups in total. The molecule has 1 aliphatic heterocycles. The van der Waals surface area contributed by atoms with Crippen molar-refractivity contribution in [3.8, 4) is 12.8 Å². The predicted molar refractivity (Wildman–Crippen MR) is 90.5 cm³/mol. The number of carbonyl (C=O) groups is 2. The largest absolute Gasteiger partial charge is 0.444 e. The van der Waals surface area contributed by atoms with Crippen molar-refractivity contribution in [2.24, 2.45) is 0 Å². The molecule has 22 heavy (non-hydrogen) atoms. The summed E-state index contributed by atoms with van der Waals surface area (Å²) in [7, 11) is 0. The molecule has 0 bridgehead atoms. The smallest absolute Gasteiger partial charge is 0.412 e. The van der Waals surface area contributed by atoms with Gasteiger partial charge in [-0.3, -0.25) is 4.90 Å². The number of hydrogen-bond acceptors (Lipinski definition) is 4. The van der Waals surface area contributed by atoms with E-state index < -0.39 is 11.3 Å². The van der Waals surface area contributed by atoms with Crippen LogP contribution >= 0.6 is 0 Å². The molecule has 1 amide bonds. The SMILES string of the molecule is C#C.CC.CC=O.C[C@H]1COC(C)(C)N1C(=O)OC(C)(C)C. The number of aldehydes is 1. The molecule has 1 aliphatic rings. The van der Waals surface area contributed by atoms with Crippen LogP contribution in [0.4, 0.5) is 4.79 Å². The number of terminal acetylenes is 1. The van der Waals surface area contributed by atoms with Gasteiger partial charge in [0.2, 0.25) is 0 Å². The van der Waals surface area contributed by atoms with Gasteiger partial charge in [0.1, 0.15) is 17.6 Å². The zero-order chi connectivity index (χ0) is 18.6. The van der Waals surface area contributed by atoms with Gasteiger partial charge in [-0.25, -0.2) is 4.79 Å². The van der Waals surface area contributed by atoms with Crippen molar-refractivity contribution < 1.29 is 19.1 Å². The van der Waals surface area contributed by atoms with E-state index in [2.05, 4.69) is 12.8 Å². The van der Waals surface area contributed by atoms with Crippen molar-refractivity contribution in [2.75, 3.05) is 6.61 Å². The topological polar surface area (TPSA) is 55.8 Å². The monoisotopic (exact) mass is 315 g/mol. The van der Waals surface area contributed by atoms with Gasteiger partial charge in [-0.05, 0) is 48.5 Å². The van der Waals surface area contributed by atoms with Crippen molar-refractivity contribution in [3.05, 3.63) is 0 Å². The van der Waals surface area contributed by atoms with Crippen LogP contribution in [0.25, 0.3) is 0 Å². The van der Waals surface area contributed by atoms with Gasteiger partial charge in [-0.1, -0.05) is 13.8 Å². The lowest BCUT2D eigenvalue weighted by molar-refractivity contribution is -0.106. The van der Waals surface area contributed by atoms with E-state index in [-0.39, 0.29) is 12.1 Å². The average molecular weight is 315 g/mol. The Kier molecular flexibility index (Phi) is 13.9. The molecule has 1 heterocycles. The van der Waals surface area contributed by atoms with Crippen molar-refractivity contribution >= 4 is 12.4 Å². The van der Waals surface area contributed by atoms with E-state index in [9.17, 15) is 4.79 Å². The first-order valence-corrected chi connectivity index (χ1v) is 7.44. The molecule has 0 saturated carbocycles. The van der Waals surface area contributed by atoms with Crippen LogP contribution < -0.4 is 0 Å². The van der Waals surface area contributed by atoms with Gasteiger partial charge in [0.15, 0.2) is 0 Å². The fourth-order valence-electron chi connectivity index (χ4n) is 1.71. The van der Waals surface area contributed by atoms with Gasteiger partial charge >= 0.3 is 6.09 Å². The number of rotatable bonds is 0. The molecule has 5 nitrogen and oxygen atoms in total. The van der Waals surface area contributed by atoms with Crippen LogP contribution in [0.2, 0.25) is 0 Å². The highest BCUT2D eigenvalue weighted by atomic mass is 16.6. The summed E-state index contributed by atoms with van der Waals surface area (Å²) in [5.74, 6) is 0. The molecule has 0 spiro atoms. The van der Waals surface area contributed by atoms with Crippen molar-refractivity contribution in [3.63, 3.8) is 0 Å². The van der Waals surface area contributed by atoms with E-state index in [0.717, 1.165) is 6.29 Å². The number of hydrogen-bond donors (Lipinski definition) is 0. The molecule has 130 valence electrons. The average Bonchev–Trinajstić information content (AvgIpc) is 2.67. The number of carbonyl (C=O) groups excluding carboxylic acids is 2. The molecule has 0 unspecified atom stereocenters. The third-order valence-corrected chi connectivity index (χ3v) is 2.29. The minimum absolute atomic E-state index is 0.0647. The first-order chi connectivity index (χ1) is 10.0. The lowest BCUT2D eigenvalue weighted by Gasteiger charge is -2.34. The van der Waals surface area contributed by atoms with Crippen LogP contribution in [0.1, 0.15) is 62.3 Å². The molecule has 1 fully saturated rings. The maximum absolute atomic E-state index is 11.9. The summed E-state index contributed by atoms with van der Waals surface area (Å²) in [5, 5.41) is 0. The molecular weight excluding hydrogens is 282 g/mol. The minimum atomic E-state index is -0.568. The summed E-state index contributed by atoms with van der Waals surface area (Å²) < 4.78 is 10.9. The third kappa shape index (κ3) is 10.2. The molecule has 0 radical (unpaired) electrons. The van der Waals surface area contributed by atoms with Gasteiger partial charge < -0.3 is 14.3 Å². The predicted octanol–water partition coefficient (Wildman–Crippen LogP) is 3.86. The molecule has 0 aromatic carbocycles. The first kappa shape index (κ1) is 25.4. The van der Waals surface area contributed by atoms with Crippen molar-refractivity contribution in [2.45, 2.75) is 79.7 Å². The lowest BCUT2D eigenvalue weighted by atomic mass is 10.2. The van der Waals surface area contributed by atoms with E-state index in [0.29, 0.717) is 6.61 Å². The summed E-state index contributed by atoms with van der Waals surface area (Å²) in [6.07, 6.45) is 8.44. The van der Waals surface area contributed by atoms with Gasteiger partial charge in [-0.15, -0.1) is 12.8 Å². The molecule has 0 aliphatic carbocycles. The normalized spacial score (nSPS) is 18.3. The van der Waals surface area contributed by atoms with Gasteiger partial charge in [0.05, 0.1) is 12.6 Å². The molecular formula is C17H33NO4. The summed E-state index contributed by atoms with van der Waals surface area (Å²) in [6, 6.07) is 0.0647. The second-order valence-electron chi connectivity index (χ2n) is 5.69. The Labute approximate surface area is 136 Å². The van der Waals surface area contributed by atoms with Gasteiger partial charge in [0, 0.05) is 0 Å². The Morgan fingerprint density at radius 3 is 1.91 bits per heavy atom. The standard InChI is InChI=1S/C11H21NO3.C2H4O.C2H6.C2H2/c1-8-7-14-11(5,6)12(8)9(13)15-10(2,3)4;1-2-3;2*1-2/h8H,7H2,1-6H3;2H,1H3;1-2H3;1-2H/t8-;;;/m0.../s1. The summed E-state index contributed by atoms with van der Waals surface area (Å²) in [5.41, 5.74) is -1.03. The molecule has 1 rings (SSSR count). The maximum atomic E-state index is 11.9. The summed E-state index contributed by atoms with van der Waals surface area (Å²) in [6.45, 7) is 17.3. The fraction of sp³-hybridized carbons (Fsp3) is 0.765. The highest BCUT2D eigenvalue weighted by Crippen LogP contribution is 2.28. The molecule has 1 saturated heterocycles. The third-order valence-electron chi connectivity index (χ3n) is 2.29. The second-order valence-corrected chi connectivity index (χ2v) is 5.69. The number of amides is 1. The summed E-state index contributed by atoms with van der Waals surface area (Å²) in [4.78, 5) is 22.4. The quantitative estimate of drug-likeness (QED) is 0.503. The molecule has 0 aromatic heterocycles. The van der Waals surface area contributed by atoms with E-state index in [1.807, 2.05) is 55.4 Å². The number of nitrogens with zero attached hydrogens (tertiary/aromatic N) is 1. The zero-order valence-electron chi connectivity index (χ0n) is 15.6. The van der Waals surface area contributed by atoms with E-state index >= 15 is 0 Å². The Morgan fingerprint density at radius 2 is 1.68 bits per heavy atom. The number of ether oxygens (including phenoxy) is 2. The van der Waals surface area contributed by atoms with Crippen LogP contribution in [-0.4, -0.2) is 41.3 Å². The molecule has 0 aromatic rings. The van der Waals surface area contributed by atoms with Gasteiger partial charge in [-0.2, -0.15) is 0 Å². The Morgan fingerprint density at radius 1 is 1.32 bits per heavy atom. The van der Waals surface area contributed by atoms with E-state index in [1.54, 1.807) is 4.90 Å². The molecule has 1 atom stereocenters. The van der Waals surface area contributed by atoms with Crippen molar-refractivity contribution in [1.29, 1.82) is 0 Å². The lowest BCUT2D eigenvalue weighted by Crippen LogP contribution is -2.48. The van der Waals surface area contributed by atoms with Crippen molar-refractivity contribution in [1.82, 2.24) is 4.90 Å². The van der Waals surface area contributed by atoms with Crippen LogP contribution in [0.3, 0.4) is 0 Å². The van der Waals surface area contributed by atoms with E-state index in [4.69, 9.17) is 14.3 Å². The first-order valence-electron chi connectivity index (χ1n) is 7.44. The summed E-state index contributed by atoms with van der Waals surface area (Å²) >= 11 is 0.